The van der Waals surface area contributed by atoms with Crippen molar-refractivity contribution in [3.05, 3.63) is 72.1 Å². The Morgan fingerprint density at radius 1 is 1.05 bits per heavy atom. The Morgan fingerprint density at radius 2 is 1.76 bits per heavy atom. The highest BCUT2D eigenvalue weighted by molar-refractivity contribution is 6.26. The molecule has 9 heteroatoms. The molecule has 2 unspecified atom stereocenters. The van der Waals surface area contributed by atoms with Crippen molar-refractivity contribution in [1.29, 1.82) is 0 Å². The van der Waals surface area contributed by atoms with E-state index >= 15 is 0 Å². The van der Waals surface area contributed by atoms with Gasteiger partial charge in [-0.25, -0.2) is 9.74 Å². The summed E-state index contributed by atoms with van der Waals surface area (Å²) >= 11 is 0. The number of aliphatic hydroxyl groups is 1. The van der Waals surface area contributed by atoms with E-state index in [-0.39, 0.29) is 25.4 Å². The van der Waals surface area contributed by atoms with Gasteiger partial charge >= 0.3 is 0 Å². The molecule has 9 nitrogen and oxygen atoms in total. The summed E-state index contributed by atoms with van der Waals surface area (Å²) in [7, 11) is 0. The second-order valence-electron chi connectivity index (χ2n) is 10.4. The molecule has 1 N–H and O–H groups in total. The molecule has 5 atom stereocenters. The smallest absolute Gasteiger partial charge is 0.262 e. The zero-order valence-electron chi connectivity index (χ0n) is 20.5. The molecule has 38 heavy (non-hydrogen) atoms. The molecule has 0 aliphatic carbocycles. The zero-order valence-corrected chi connectivity index (χ0v) is 20.5. The van der Waals surface area contributed by atoms with Crippen molar-refractivity contribution < 1.29 is 28.7 Å². The molecule has 2 bridgehead atoms. The molecular formula is C29H23N3O6. The number of carbonyl (C=O) groups is 2. The minimum absolute atomic E-state index is 0.159. The van der Waals surface area contributed by atoms with E-state index in [0.29, 0.717) is 33.6 Å². The molecule has 1 aromatic heterocycles. The van der Waals surface area contributed by atoms with Crippen molar-refractivity contribution in [2.45, 2.75) is 37.1 Å². The maximum absolute atomic E-state index is 14.0. The van der Waals surface area contributed by atoms with E-state index in [9.17, 15) is 14.7 Å². The first-order valence-electron chi connectivity index (χ1n) is 12.5. The number of rotatable bonds is 5. The van der Waals surface area contributed by atoms with Crippen LogP contribution in [0.1, 0.15) is 19.8 Å². The second-order valence-corrected chi connectivity index (χ2v) is 10.4. The molecule has 3 fully saturated rings. The largest absolute Gasteiger partial charge is 0.475 e. The molecule has 3 saturated heterocycles. The summed E-state index contributed by atoms with van der Waals surface area (Å²) in [6, 6.07) is 17.9. The maximum atomic E-state index is 14.0. The van der Waals surface area contributed by atoms with Crippen LogP contribution in [-0.2, 0) is 14.3 Å². The number of para-hydroxylation sites is 1. The van der Waals surface area contributed by atoms with Crippen LogP contribution >= 0.6 is 0 Å². The quantitative estimate of drug-likeness (QED) is 0.314. The number of imide groups is 1. The van der Waals surface area contributed by atoms with E-state index in [4.69, 9.17) is 20.6 Å². The molecule has 190 valence electrons. The van der Waals surface area contributed by atoms with E-state index in [1.54, 1.807) is 25.1 Å². The molecular weight excluding hydrogens is 486 g/mol. The average Bonchev–Trinajstić information content (AvgIpc) is 3.61. The fraction of sp³-hybridized carbons (Fsp3) is 0.310. The Labute approximate surface area is 217 Å². The van der Waals surface area contributed by atoms with Gasteiger partial charge in [0.2, 0.25) is 11.8 Å². The van der Waals surface area contributed by atoms with Crippen LogP contribution < -0.4 is 9.64 Å². The molecule has 0 radical (unpaired) electrons. The highest BCUT2D eigenvalue weighted by atomic mass is 16.6. The number of nitrogens with zero attached hydrogens (tertiary/aromatic N) is 3. The number of amides is 2. The van der Waals surface area contributed by atoms with Gasteiger partial charge in [0.15, 0.2) is 11.3 Å². The highest BCUT2D eigenvalue weighted by Crippen LogP contribution is 2.62. The van der Waals surface area contributed by atoms with Crippen LogP contribution in [0, 0.1) is 18.4 Å². The van der Waals surface area contributed by atoms with Crippen molar-refractivity contribution in [2.75, 3.05) is 11.5 Å². The standard InChI is InChI=1S/C29H23N3O6/c1-28-22(33)15-29(38-28,13-14-36-25-18-9-5-6-10-21(18)37-31-25)24-23(28)26(34)32(27(24)35)20-12-11-19(30-2)16-7-3-4-8-17(16)20/h3-12,22-24,33H,13-15H2,1H3/t22-,23-,24+,28?,29?/m1/s1. The van der Waals surface area contributed by atoms with Crippen LogP contribution in [-0.4, -0.2) is 46.0 Å². The molecule has 0 saturated carbocycles. The topological polar surface area (TPSA) is 106 Å². The van der Waals surface area contributed by atoms with Gasteiger partial charge < -0.3 is 19.1 Å². The van der Waals surface area contributed by atoms with Crippen molar-refractivity contribution >= 4 is 44.9 Å². The van der Waals surface area contributed by atoms with E-state index < -0.39 is 35.0 Å². The van der Waals surface area contributed by atoms with E-state index in [2.05, 4.69) is 10.0 Å². The Bertz CT molecular complexity index is 1690. The van der Waals surface area contributed by atoms with Gasteiger partial charge in [0.05, 0.1) is 47.8 Å². The number of ether oxygens (including phenoxy) is 2. The van der Waals surface area contributed by atoms with E-state index in [1.807, 2.05) is 42.5 Å². The van der Waals surface area contributed by atoms with Crippen LogP contribution in [0.5, 0.6) is 5.88 Å². The third-order valence-electron chi connectivity index (χ3n) is 8.46. The van der Waals surface area contributed by atoms with Gasteiger partial charge in [-0.3, -0.25) is 9.59 Å². The molecule has 2 amide bonds. The van der Waals surface area contributed by atoms with Crippen molar-refractivity contribution in [3.63, 3.8) is 0 Å². The first-order chi connectivity index (χ1) is 18.4. The number of aliphatic hydroxyl groups excluding tert-OH is 1. The van der Waals surface area contributed by atoms with Crippen molar-refractivity contribution in [3.8, 4) is 5.88 Å². The minimum Gasteiger partial charge on any atom is -0.475 e. The number of anilines is 1. The monoisotopic (exact) mass is 509 g/mol. The predicted molar refractivity (Wildman–Crippen MR) is 137 cm³/mol. The molecule has 3 aromatic carbocycles. The van der Waals surface area contributed by atoms with Crippen LogP contribution in [0.3, 0.4) is 0 Å². The number of aromatic nitrogens is 1. The number of hydrogen-bond acceptors (Lipinski definition) is 7. The SMILES string of the molecule is [C-]#[N+]c1ccc(N2C(=O)[C@@H]3[C@H](C2=O)C2(C)OC3(CCOc3noc4ccccc34)C[C@H]2O)c2ccccc12. The van der Waals surface area contributed by atoms with Crippen LogP contribution in [0.2, 0.25) is 0 Å². The van der Waals surface area contributed by atoms with Crippen LogP contribution in [0.25, 0.3) is 26.6 Å². The third-order valence-corrected chi connectivity index (χ3v) is 8.46. The van der Waals surface area contributed by atoms with Gasteiger partial charge in [0.1, 0.15) is 5.60 Å². The van der Waals surface area contributed by atoms with E-state index in [1.165, 1.54) is 4.90 Å². The normalized spacial score (nSPS) is 29.8. The summed E-state index contributed by atoms with van der Waals surface area (Å²) in [5.74, 6) is -2.00. The summed E-state index contributed by atoms with van der Waals surface area (Å²) in [5.41, 5.74) is -0.769. The Hall–Kier alpha value is -4.26. The maximum Gasteiger partial charge on any atom is 0.262 e. The summed E-state index contributed by atoms with van der Waals surface area (Å²) in [6.45, 7) is 9.37. The van der Waals surface area contributed by atoms with Gasteiger partial charge in [-0.2, -0.15) is 0 Å². The zero-order chi connectivity index (χ0) is 26.2. The molecule has 4 heterocycles. The molecule has 4 aromatic rings. The lowest BCUT2D eigenvalue weighted by molar-refractivity contribution is -0.134. The van der Waals surface area contributed by atoms with Crippen LogP contribution in [0.4, 0.5) is 11.4 Å². The van der Waals surface area contributed by atoms with E-state index in [0.717, 1.165) is 5.39 Å². The Morgan fingerprint density at radius 3 is 2.55 bits per heavy atom. The van der Waals surface area contributed by atoms with Gasteiger partial charge in [0, 0.05) is 12.8 Å². The number of fused-ring (bicyclic) bond motifs is 7. The lowest BCUT2D eigenvalue weighted by Gasteiger charge is -2.33. The highest BCUT2D eigenvalue weighted by Gasteiger charge is 2.77. The molecule has 3 aliphatic heterocycles. The van der Waals surface area contributed by atoms with Gasteiger partial charge in [-0.05, 0) is 41.1 Å². The van der Waals surface area contributed by atoms with Gasteiger partial charge in [-0.1, -0.05) is 42.5 Å². The lowest BCUT2D eigenvalue weighted by atomic mass is 9.66. The van der Waals surface area contributed by atoms with Crippen molar-refractivity contribution in [2.24, 2.45) is 11.8 Å². The molecule has 0 spiro atoms. The Balaban J connectivity index is 1.23. The number of hydrogen-bond donors (Lipinski definition) is 1. The van der Waals surface area contributed by atoms with Crippen molar-refractivity contribution in [1.82, 2.24) is 5.16 Å². The average molecular weight is 510 g/mol. The number of carbonyl (C=O) groups excluding carboxylic acids is 2. The van der Waals surface area contributed by atoms with Gasteiger partial charge in [0.25, 0.3) is 5.88 Å². The summed E-state index contributed by atoms with van der Waals surface area (Å²) in [4.78, 5) is 32.7. The second kappa shape index (κ2) is 7.87. The first-order valence-corrected chi connectivity index (χ1v) is 12.5. The predicted octanol–water partition coefficient (Wildman–Crippen LogP) is 4.40. The Kier molecular flexibility index (Phi) is 4.74. The summed E-state index contributed by atoms with van der Waals surface area (Å²) in [5, 5.41) is 17.1. The molecule has 7 rings (SSSR count). The van der Waals surface area contributed by atoms with Gasteiger partial charge in [-0.15, -0.1) is 0 Å². The fourth-order valence-electron chi connectivity index (χ4n) is 6.71. The molecule has 3 aliphatic rings. The summed E-state index contributed by atoms with van der Waals surface area (Å²) < 4.78 is 17.6. The lowest BCUT2D eigenvalue weighted by Crippen LogP contribution is -2.49. The summed E-state index contributed by atoms with van der Waals surface area (Å²) in [6.07, 6.45) is -0.404. The third kappa shape index (κ3) is 2.90. The minimum atomic E-state index is -1.20. The number of benzene rings is 3. The first kappa shape index (κ1) is 22.9. The van der Waals surface area contributed by atoms with Crippen LogP contribution in [0.15, 0.2) is 65.2 Å². The fourth-order valence-corrected chi connectivity index (χ4v) is 6.71.